The lowest BCUT2D eigenvalue weighted by atomic mass is 10.0. The predicted molar refractivity (Wildman–Crippen MR) is 100 cm³/mol. The summed E-state index contributed by atoms with van der Waals surface area (Å²) in [4.78, 5) is 6.25. The summed E-state index contributed by atoms with van der Waals surface area (Å²) in [7, 11) is -4.08. The van der Waals surface area contributed by atoms with E-state index in [1.54, 1.807) is 11.1 Å². The van der Waals surface area contributed by atoms with Gasteiger partial charge < -0.3 is 4.90 Å². The van der Waals surface area contributed by atoms with Gasteiger partial charge in [-0.2, -0.15) is 8.42 Å². The van der Waals surface area contributed by atoms with Gasteiger partial charge in [-0.1, -0.05) is 48.5 Å². The average molecular weight is 356 g/mol. The van der Waals surface area contributed by atoms with E-state index in [4.69, 9.17) is 0 Å². The number of aliphatic imine (C=N–C) groups is 1. The Morgan fingerprint density at radius 3 is 2.36 bits per heavy atom. The number of para-hydroxylation sites is 1. The normalized spacial score (nSPS) is 17.2. The summed E-state index contributed by atoms with van der Waals surface area (Å²) in [5.74, 6) is -0.391. The van der Waals surface area contributed by atoms with Gasteiger partial charge in [-0.05, 0) is 30.5 Å². The second kappa shape index (κ2) is 7.63. The van der Waals surface area contributed by atoms with Crippen LogP contribution in [0, 0.1) is 0 Å². The first-order valence-electron chi connectivity index (χ1n) is 8.11. The molecule has 1 saturated heterocycles. The Morgan fingerprint density at radius 1 is 1.08 bits per heavy atom. The zero-order chi connectivity index (χ0) is 17.7. The van der Waals surface area contributed by atoms with Gasteiger partial charge in [-0.25, -0.2) is 0 Å². The molecule has 0 amide bonds. The average Bonchev–Trinajstić information content (AvgIpc) is 3.03. The van der Waals surface area contributed by atoms with Crippen molar-refractivity contribution >= 4 is 27.6 Å². The van der Waals surface area contributed by atoms with Crippen LogP contribution < -0.4 is 0 Å². The first-order valence-corrected chi connectivity index (χ1v) is 9.72. The number of likely N-dealkylation sites (tertiary alicyclic amines) is 1. The van der Waals surface area contributed by atoms with Gasteiger partial charge in [0, 0.05) is 24.0 Å². The highest BCUT2D eigenvalue weighted by molar-refractivity contribution is 7.85. The molecule has 1 heterocycles. The summed E-state index contributed by atoms with van der Waals surface area (Å²) >= 11 is 0. The Morgan fingerprint density at radius 2 is 1.72 bits per heavy atom. The third kappa shape index (κ3) is 4.78. The number of hydrogen-bond acceptors (Lipinski definition) is 4. The van der Waals surface area contributed by atoms with Crippen LogP contribution in [0.2, 0.25) is 0 Å². The maximum Gasteiger partial charge on any atom is 0.283 e. The molecule has 0 bridgehead atoms. The van der Waals surface area contributed by atoms with Crippen molar-refractivity contribution < 1.29 is 13.0 Å². The van der Waals surface area contributed by atoms with E-state index in [2.05, 4.69) is 4.99 Å². The quantitative estimate of drug-likeness (QED) is 0.654. The van der Waals surface area contributed by atoms with Gasteiger partial charge in [0.1, 0.15) is 5.88 Å². The highest BCUT2D eigenvalue weighted by Crippen LogP contribution is 2.29. The lowest BCUT2D eigenvalue weighted by molar-refractivity contribution is 0.408. The van der Waals surface area contributed by atoms with Gasteiger partial charge in [0.25, 0.3) is 10.1 Å². The molecule has 0 unspecified atom stereocenters. The molecule has 25 heavy (non-hydrogen) atoms. The van der Waals surface area contributed by atoms with Crippen LogP contribution in [-0.4, -0.2) is 36.5 Å². The monoisotopic (exact) mass is 356 g/mol. The third-order valence-corrected chi connectivity index (χ3v) is 4.67. The molecule has 1 aliphatic rings. The molecule has 2 aromatic rings. The van der Waals surface area contributed by atoms with Crippen molar-refractivity contribution in [3.8, 4) is 0 Å². The van der Waals surface area contributed by atoms with Gasteiger partial charge in [0.05, 0.1) is 5.69 Å². The second-order valence-corrected chi connectivity index (χ2v) is 7.32. The highest BCUT2D eigenvalue weighted by atomic mass is 32.2. The van der Waals surface area contributed by atoms with E-state index in [0.717, 1.165) is 35.4 Å². The minimum Gasteiger partial charge on any atom is -0.358 e. The Bertz CT molecular complexity index is 875. The molecule has 0 radical (unpaired) electrons. The lowest BCUT2D eigenvalue weighted by Gasteiger charge is -2.20. The highest BCUT2D eigenvalue weighted by Gasteiger charge is 2.24. The molecule has 130 valence electrons. The number of nitrogens with zero attached hydrogens (tertiary/aromatic N) is 2. The van der Waals surface area contributed by atoms with Crippen molar-refractivity contribution in [3.63, 3.8) is 0 Å². The minimum absolute atomic E-state index is 0.391. The summed E-state index contributed by atoms with van der Waals surface area (Å²) < 4.78 is 31.9. The smallest absolute Gasteiger partial charge is 0.283 e. The number of benzene rings is 2. The summed E-state index contributed by atoms with van der Waals surface area (Å²) in [6, 6.07) is 19.4. The van der Waals surface area contributed by atoms with Gasteiger partial charge in [-0.15, -0.1) is 0 Å². The molecule has 1 aliphatic heterocycles. The summed E-state index contributed by atoms with van der Waals surface area (Å²) in [5.41, 5.74) is 3.57. The molecule has 0 atom stereocenters. The van der Waals surface area contributed by atoms with E-state index < -0.39 is 16.0 Å². The molecule has 1 N–H and O–H groups in total. The third-order valence-electron chi connectivity index (χ3n) is 4.04. The Hall–Kier alpha value is -2.44. The topological polar surface area (TPSA) is 70.0 Å². The van der Waals surface area contributed by atoms with Crippen molar-refractivity contribution in [2.75, 3.05) is 12.4 Å². The predicted octanol–water partition coefficient (Wildman–Crippen LogP) is 3.74. The van der Waals surface area contributed by atoms with Crippen LogP contribution in [0.5, 0.6) is 0 Å². The first-order chi connectivity index (χ1) is 12.0. The van der Waals surface area contributed by atoms with Crippen LogP contribution in [0.25, 0.3) is 5.57 Å². The maximum atomic E-state index is 11.3. The summed E-state index contributed by atoms with van der Waals surface area (Å²) in [6.07, 6.45) is 3.38. The number of rotatable bonds is 5. The van der Waals surface area contributed by atoms with Crippen molar-refractivity contribution in [2.45, 2.75) is 12.8 Å². The fourth-order valence-electron chi connectivity index (χ4n) is 2.96. The van der Waals surface area contributed by atoms with E-state index >= 15 is 0 Å². The molecule has 6 heteroatoms. The first kappa shape index (κ1) is 17.4. The standard InChI is InChI=1S/C19H20N2O3S/c22-25(23,24)15-21-13-7-12-19(21)18(16-8-3-1-4-9-16)14-20-17-10-5-2-6-11-17/h1-6,8-11,14H,7,12-13,15H2,(H,22,23,24). The van der Waals surface area contributed by atoms with Crippen molar-refractivity contribution in [2.24, 2.45) is 4.99 Å². The van der Waals surface area contributed by atoms with Gasteiger partial charge in [0.2, 0.25) is 0 Å². The Kier molecular flexibility index (Phi) is 5.31. The minimum atomic E-state index is -4.08. The van der Waals surface area contributed by atoms with E-state index in [9.17, 15) is 13.0 Å². The summed E-state index contributed by atoms with van der Waals surface area (Å²) in [5, 5.41) is 0. The SMILES string of the molecule is O=S(=O)(O)CN1CCCC1=C(C=Nc1ccccc1)c1ccccc1. The number of allylic oxidation sites excluding steroid dienone is 2. The fraction of sp³-hybridized carbons (Fsp3) is 0.211. The lowest BCUT2D eigenvalue weighted by Crippen LogP contribution is -2.26. The van der Waals surface area contributed by atoms with Crippen LogP contribution in [0.3, 0.4) is 0 Å². The molecular weight excluding hydrogens is 336 g/mol. The zero-order valence-electron chi connectivity index (χ0n) is 13.7. The van der Waals surface area contributed by atoms with Crippen LogP contribution >= 0.6 is 0 Å². The number of hydrogen-bond donors (Lipinski definition) is 1. The van der Waals surface area contributed by atoms with Crippen molar-refractivity contribution in [1.29, 1.82) is 0 Å². The molecule has 1 fully saturated rings. The van der Waals surface area contributed by atoms with Crippen LogP contribution in [0.4, 0.5) is 5.69 Å². The molecule has 5 nitrogen and oxygen atoms in total. The van der Waals surface area contributed by atoms with E-state index in [-0.39, 0.29) is 0 Å². The van der Waals surface area contributed by atoms with Crippen LogP contribution in [0.15, 0.2) is 71.4 Å². The molecule has 0 aromatic heterocycles. The van der Waals surface area contributed by atoms with Crippen LogP contribution in [0.1, 0.15) is 18.4 Å². The zero-order valence-corrected chi connectivity index (χ0v) is 14.6. The van der Waals surface area contributed by atoms with E-state index in [0.29, 0.717) is 6.54 Å². The van der Waals surface area contributed by atoms with Gasteiger partial charge >= 0.3 is 0 Å². The second-order valence-electron chi connectivity index (χ2n) is 5.90. The summed E-state index contributed by atoms with van der Waals surface area (Å²) in [6.45, 7) is 0.602. The van der Waals surface area contributed by atoms with Gasteiger partial charge in [-0.3, -0.25) is 9.55 Å². The fourth-order valence-corrected chi connectivity index (χ4v) is 3.64. The Labute approximate surface area is 148 Å². The van der Waals surface area contributed by atoms with Crippen molar-refractivity contribution in [1.82, 2.24) is 4.90 Å². The largest absolute Gasteiger partial charge is 0.358 e. The van der Waals surface area contributed by atoms with Crippen LogP contribution in [-0.2, 0) is 10.1 Å². The maximum absolute atomic E-state index is 11.3. The van der Waals surface area contributed by atoms with Gasteiger partial charge in [0.15, 0.2) is 0 Å². The molecule has 2 aromatic carbocycles. The van der Waals surface area contributed by atoms with E-state index in [1.165, 1.54) is 0 Å². The molecule has 0 saturated carbocycles. The molecule has 0 aliphatic carbocycles. The molecular formula is C19H20N2O3S. The Balaban J connectivity index is 2.03. The van der Waals surface area contributed by atoms with E-state index in [1.807, 2.05) is 60.7 Å². The van der Waals surface area contributed by atoms with Crippen molar-refractivity contribution in [3.05, 3.63) is 71.9 Å². The molecule has 0 spiro atoms. The molecule has 3 rings (SSSR count).